The number of aromatic nitrogens is 2. The van der Waals surface area contributed by atoms with Gasteiger partial charge in [-0.3, -0.25) is 29.2 Å². The molecule has 3 unspecified atom stereocenters. The van der Waals surface area contributed by atoms with Gasteiger partial charge < -0.3 is 29.4 Å². The van der Waals surface area contributed by atoms with Crippen LogP contribution in [0.4, 0.5) is 0 Å². The number of nitrogens with zero attached hydrogens (tertiary/aromatic N) is 4. The van der Waals surface area contributed by atoms with E-state index in [4.69, 9.17) is 14.5 Å². The van der Waals surface area contributed by atoms with Crippen molar-refractivity contribution >= 4 is 35.6 Å². The van der Waals surface area contributed by atoms with Crippen LogP contribution in [0.5, 0.6) is 5.75 Å². The highest BCUT2D eigenvalue weighted by molar-refractivity contribution is 5.95. The van der Waals surface area contributed by atoms with Crippen LogP contribution >= 0.6 is 0 Å². The lowest BCUT2D eigenvalue weighted by molar-refractivity contribution is -0.142. The standard InChI is InChI=1S/C44H58N6O7/c1-9-49-38-15-14-31(23-35(38)36(24-44(5,6)25-57-27-52)41(49)34-13-12-16-45-39(34)29(4)56-8)32-19-30(20-33(53)22-32)21-37(43(55)50-18-11-10-17-46-50)47-42(54)40(28(2)3)48(7)26-51/h12-16,19-20,22-23,26-29,37,40,46,53H,9-11,17-18,21,24-25H2,1-8H3,(H,47,54). The van der Waals surface area contributed by atoms with Crippen molar-refractivity contribution in [2.75, 3.05) is 33.9 Å². The third-order valence-electron chi connectivity index (χ3n) is 10.8. The van der Waals surface area contributed by atoms with E-state index >= 15 is 0 Å². The molecule has 1 aliphatic rings. The van der Waals surface area contributed by atoms with E-state index in [-0.39, 0.29) is 36.7 Å². The van der Waals surface area contributed by atoms with Gasteiger partial charge in [0.2, 0.25) is 12.3 Å². The first-order valence-electron chi connectivity index (χ1n) is 19.8. The highest BCUT2D eigenvalue weighted by atomic mass is 16.5. The van der Waals surface area contributed by atoms with Gasteiger partial charge in [-0.05, 0) is 97.7 Å². The number of likely N-dealkylation sites (N-methyl/N-ethyl adjacent to an activating group) is 1. The number of aryl methyl sites for hydroxylation is 1. The van der Waals surface area contributed by atoms with Gasteiger partial charge in [0.25, 0.3) is 12.4 Å². The summed E-state index contributed by atoms with van der Waals surface area (Å²) in [5, 5.41) is 16.7. The molecule has 0 bridgehead atoms. The molecule has 13 nitrogen and oxygen atoms in total. The maximum absolute atomic E-state index is 14.0. The summed E-state index contributed by atoms with van der Waals surface area (Å²) in [7, 11) is 3.22. The summed E-state index contributed by atoms with van der Waals surface area (Å²) in [6.45, 7) is 14.5. The smallest absolute Gasteiger partial charge is 0.293 e. The predicted molar refractivity (Wildman–Crippen MR) is 220 cm³/mol. The normalized spacial score (nSPS) is 14.9. The van der Waals surface area contributed by atoms with Gasteiger partial charge in [0.15, 0.2) is 0 Å². The number of methoxy groups -OCH3 is 1. The molecule has 3 heterocycles. The number of phenols is 1. The third kappa shape index (κ3) is 9.82. The summed E-state index contributed by atoms with van der Waals surface area (Å²) in [5.74, 6) is -0.898. The van der Waals surface area contributed by atoms with Gasteiger partial charge in [0.1, 0.15) is 17.8 Å². The number of hydrogen-bond acceptors (Lipinski definition) is 9. The molecule has 306 valence electrons. The van der Waals surface area contributed by atoms with Crippen molar-refractivity contribution in [1.29, 1.82) is 0 Å². The van der Waals surface area contributed by atoms with Gasteiger partial charge in [-0.2, -0.15) is 0 Å². The zero-order valence-electron chi connectivity index (χ0n) is 34.5. The molecular weight excluding hydrogens is 725 g/mol. The number of hydrogen-bond donors (Lipinski definition) is 3. The van der Waals surface area contributed by atoms with Crippen LogP contribution in [0.1, 0.15) is 77.3 Å². The Balaban J connectivity index is 1.62. The van der Waals surface area contributed by atoms with Gasteiger partial charge in [-0.15, -0.1) is 0 Å². The number of pyridine rings is 1. The Hall–Kier alpha value is -5.27. The van der Waals surface area contributed by atoms with Crippen LogP contribution in [-0.4, -0.2) is 95.2 Å². The zero-order valence-corrected chi connectivity index (χ0v) is 34.5. The second-order valence-corrected chi connectivity index (χ2v) is 16.1. The first-order valence-corrected chi connectivity index (χ1v) is 19.8. The van der Waals surface area contributed by atoms with Crippen molar-refractivity contribution in [3.8, 4) is 28.1 Å². The molecule has 0 radical (unpaired) electrons. The SMILES string of the molecule is CCn1c(-c2cccnc2C(C)OC)c(CC(C)(C)COC=O)c2cc(-c3cc(O)cc(CC(NC(=O)C(C(C)C)N(C)C=O)C(=O)N4CCCCN4)c3)ccc21. The number of aromatic hydroxyl groups is 1. The Morgan fingerprint density at radius 1 is 1.09 bits per heavy atom. The maximum atomic E-state index is 14.0. The molecule has 4 aromatic rings. The minimum atomic E-state index is -0.965. The fraction of sp³-hybridized carbons (Fsp3) is 0.477. The first kappa shape index (κ1) is 42.9. The number of benzene rings is 2. The van der Waals surface area contributed by atoms with E-state index in [2.05, 4.69) is 54.3 Å². The number of carbonyl (C=O) groups is 4. The van der Waals surface area contributed by atoms with Gasteiger partial charge >= 0.3 is 0 Å². The molecule has 1 fully saturated rings. The summed E-state index contributed by atoms with van der Waals surface area (Å²) in [5.41, 5.74) is 9.82. The van der Waals surface area contributed by atoms with E-state index in [0.29, 0.717) is 44.5 Å². The molecule has 5 rings (SSSR count). The fourth-order valence-electron chi connectivity index (χ4n) is 8.00. The Bertz CT molecular complexity index is 2050. The molecule has 3 N–H and O–H groups in total. The molecule has 2 aromatic heterocycles. The number of fused-ring (bicyclic) bond motifs is 1. The lowest BCUT2D eigenvalue weighted by Crippen LogP contribution is -2.58. The van der Waals surface area contributed by atoms with Crippen molar-refractivity contribution in [2.24, 2.45) is 11.3 Å². The third-order valence-corrected chi connectivity index (χ3v) is 10.8. The van der Waals surface area contributed by atoms with Crippen molar-refractivity contribution in [2.45, 2.75) is 92.0 Å². The topological polar surface area (TPSA) is 155 Å². The second kappa shape index (κ2) is 18.8. The van der Waals surface area contributed by atoms with Crippen LogP contribution < -0.4 is 10.7 Å². The van der Waals surface area contributed by atoms with E-state index in [0.717, 1.165) is 57.4 Å². The molecule has 1 saturated heterocycles. The molecule has 3 atom stereocenters. The maximum Gasteiger partial charge on any atom is 0.293 e. The number of ether oxygens (including phenoxy) is 2. The van der Waals surface area contributed by atoms with Crippen LogP contribution in [0.25, 0.3) is 33.3 Å². The Morgan fingerprint density at radius 2 is 1.86 bits per heavy atom. The average molecular weight is 783 g/mol. The second-order valence-electron chi connectivity index (χ2n) is 16.1. The zero-order chi connectivity index (χ0) is 41.4. The largest absolute Gasteiger partial charge is 0.508 e. The number of amides is 3. The van der Waals surface area contributed by atoms with E-state index in [1.54, 1.807) is 37.5 Å². The Morgan fingerprint density at radius 3 is 2.51 bits per heavy atom. The predicted octanol–water partition coefficient (Wildman–Crippen LogP) is 5.81. The van der Waals surface area contributed by atoms with Gasteiger partial charge in [-0.1, -0.05) is 39.8 Å². The molecule has 57 heavy (non-hydrogen) atoms. The molecule has 0 saturated carbocycles. The highest BCUT2D eigenvalue weighted by Gasteiger charge is 2.33. The first-order chi connectivity index (χ1) is 27.2. The number of hydrazine groups is 1. The monoisotopic (exact) mass is 782 g/mol. The van der Waals surface area contributed by atoms with Crippen molar-refractivity contribution in [3.05, 3.63) is 71.5 Å². The van der Waals surface area contributed by atoms with E-state index in [9.17, 15) is 24.3 Å². The minimum Gasteiger partial charge on any atom is -0.508 e. The summed E-state index contributed by atoms with van der Waals surface area (Å²) in [6, 6.07) is 13.7. The lowest BCUT2D eigenvalue weighted by Gasteiger charge is -2.33. The molecule has 1 aliphatic heterocycles. The average Bonchev–Trinajstić information content (AvgIpc) is 3.50. The summed E-state index contributed by atoms with van der Waals surface area (Å²) < 4.78 is 13.3. The molecular formula is C44H58N6O7. The van der Waals surface area contributed by atoms with Crippen LogP contribution in [0.3, 0.4) is 0 Å². The Kier molecular flexibility index (Phi) is 14.1. The number of nitrogens with one attached hydrogen (secondary N) is 2. The minimum absolute atomic E-state index is 0.0182. The van der Waals surface area contributed by atoms with Crippen LogP contribution in [-0.2, 0) is 48.0 Å². The summed E-state index contributed by atoms with van der Waals surface area (Å²) in [4.78, 5) is 56.7. The van der Waals surface area contributed by atoms with Gasteiger partial charge in [-0.25, -0.2) is 5.43 Å². The van der Waals surface area contributed by atoms with Crippen molar-refractivity contribution < 1.29 is 33.8 Å². The van der Waals surface area contributed by atoms with Gasteiger partial charge in [0, 0.05) is 68.3 Å². The quantitative estimate of drug-likeness (QED) is 0.106. The van der Waals surface area contributed by atoms with Crippen LogP contribution in [0, 0.1) is 11.3 Å². The van der Waals surface area contributed by atoms with E-state index < -0.39 is 23.4 Å². The summed E-state index contributed by atoms with van der Waals surface area (Å²) >= 11 is 0. The highest BCUT2D eigenvalue weighted by Crippen LogP contribution is 2.42. The number of carbonyl (C=O) groups excluding carboxylic acids is 4. The van der Waals surface area contributed by atoms with E-state index in [1.807, 2.05) is 39.0 Å². The molecule has 3 amide bonds. The molecule has 13 heteroatoms. The lowest BCUT2D eigenvalue weighted by atomic mass is 9.84. The van der Waals surface area contributed by atoms with Gasteiger partial charge in [0.05, 0.1) is 24.1 Å². The van der Waals surface area contributed by atoms with Crippen LogP contribution in [0.2, 0.25) is 0 Å². The summed E-state index contributed by atoms with van der Waals surface area (Å²) in [6.07, 6.45) is 4.57. The molecule has 0 aliphatic carbocycles. The van der Waals surface area contributed by atoms with Crippen LogP contribution in [0.15, 0.2) is 54.7 Å². The fourth-order valence-corrected chi connectivity index (χ4v) is 8.00. The van der Waals surface area contributed by atoms with E-state index in [1.165, 1.54) is 4.90 Å². The number of rotatable bonds is 18. The van der Waals surface area contributed by atoms with Crippen molar-refractivity contribution in [1.82, 2.24) is 30.2 Å². The Labute approximate surface area is 335 Å². The van der Waals surface area contributed by atoms with Crippen molar-refractivity contribution in [3.63, 3.8) is 0 Å². The molecule has 2 aromatic carbocycles. The molecule has 0 spiro atoms. The number of phenolic OH excluding ortho intramolecular Hbond substituents is 1.